The summed E-state index contributed by atoms with van der Waals surface area (Å²) in [7, 11) is 2.08. The summed E-state index contributed by atoms with van der Waals surface area (Å²) in [6, 6.07) is 1.51. The molecule has 0 bridgehead atoms. The van der Waals surface area contributed by atoms with Crippen molar-refractivity contribution in [3.05, 3.63) is 0 Å². The number of nitrogens with one attached hydrogen (secondary N) is 2. The van der Waals surface area contributed by atoms with Crippen LogP contribution in [0.25, 0.3) is 0 Å². The molecule has 0 amide bonds. The van der Waals surface area contributed by atoms with Crippen LogP contribution in [0.1, 0.15) is 25.7 Å². The van der Waals surface area contributed by atoms with Crippen molar-refractivity contribution in [1.82, 2.24) is 15.5 Å². The van der Waals surface area contributed by atoms with Gasteiger partial charge in [-0.25, -0.2) is 0 Å². The van der Waals surface area contributed by atoms with E-state index in [9.17, 15) is 0 Å². The standard InChI is InChI=1S/C13H27N3O/c1-14-12-2-4-13(5-3-12)15-6-7-16-8-10-17-11-9-16/h12-15H,2-11H2,1H3. The zero-order valence-corrected chi connectivity index (χ0v) is 11.1. The van der Waals surface area contributed by atoms with Crippen molar-refractivity contribution < 1.29 is 4.74 Å². The zero-order chi connectivity index (χ0) is 11.9. The summed E-state index contributed by atoms with van der Waals surface area (Å²) in [6.07, 6.45) is 5.31. The van der Waals surface area contributed by atoms with Gasteiger partial charge in [0.15, 0.2) is 0 Å². The minimum absolute atomic E-state index is 0.751. The summed E-state index contributed by atoms with van der Waals surface area (Å²) in [6.45, 7) is 6.34. The topological polar surface area (TPSA) is 36.5 Å². The highest BCUT2D eigenvalue weighted by molar-refractivity contribution is 4.80. The summed E-state index contributed by atoms with van der Waals surface area (Å²) in [5, 5.41) is 7.09. The average molecular weight is 241 g/mol. The fourth-order valence-electron chi connectivity index (χ4n) is 2.84. The molecule has 2 N–H and O–H groups in total. The summed E-state index contributed by atoms with van der Waals surface area (Å²) in [5.74, 6) is 0. The number of nitrogens with zero attached hydrogens (tertiary/aromatic N) is 1. The summed E-state index contributed by atoms with van der Waals surface area (Å²) < 4.78 is 5.35. The fourth-order valence-corrected chi connectivity index (χ4v) is 2.84. The van der Waals surface area contributed by atoms with Crippen LogP contribution in [0.5, 0.6) is 0 Å². The Morgan fingerprint density at radius 2 is 1.71 bits per heavy atom. The molecule has 100 valence electrons. The van der Waals surface area contributed by atoms with Gasteiger partial charge in [0.1, 0.15) is 0 Å². The first-order valence-electron chi connectivity index (χ1n) is 7.09. The molecule has 2 fully saturated rings. The van der Waals surface area contributed by atoms with Gasteiger partial charge in [0, 0.05) is 38.3 Å². The lowest BCUT2D eigenvalue weighted by atomic mass is 9.91. The van der Waals surface area contributed by atoms with Gasteiger partial charge in [-0.15, -0.1) is 0 Å². The maximum atomic E-state index is 5.35. The van der Waals surface area contributed by atoms with E-state index in [1.54, 1.807) is 0 Å². The lowest BCUT2D eigenvalue weighted by Crippen LogP contribution is -2.44. The van der Waals surface area contributed by atoms with E-state index in [0.717, 1.165) is 44.9 Å². The molecule has 0 aromatic carbocycles. The largest absolute Gasteiger partial charge is 0.379 e. The van der Waals surface area contributed by atoms with Gasteiger partial charge in [0.25, 0.3) is 0 Å². The van der Waals surface area contributed by atoms with E-state index in [-0.39, 0.29) is 0 Å². The van der Waals surface area contributed by atoms with Crippen molar-refractivity contribution in [2.75, 3.05) is 46.4 Å². The Labute approximate surface area is 105 Å². The third kappa shape index (κ3) is 4.54. The molecule has 4 nitrogen and oxygen atoms in total. The predicted molar refractivity (Wildman–Crippen MR) is 70.4 cm³/mol. The second-order valence-electron chi connectivity index (χ2n) is 5.25. The van der Waals surface area contributed by atoms with Crippen molar-refractivity contribution in [2.24, 2.45) is 0 Å². The lowest BCUT2D eigenvalue weighted by Gasteiger charge is -2.31. The molecule has 1 aliphatic heterocycles. The van der Waals surface area contributed by atoms with Gasteiger partial charge in [-0.05, 0) is 32.7 Å². The number of hydrogen-bond acceptors (Lipinski definition) is 4. The van der Waals surface area contributed by atoms with E-state index < -0.39 is 0 Å². The van der Waals surface area contributed by atoms with Crippen molar-refractivity contribution in [2.45, 2.75) is 37.8 Å². The highest BCUT2D eigenvalue weighted by Gasteiger charge is 2.19. The first kappa shape index (κ1) is 13.3. The molecule has 0 aromatic rings. The van der Waals surface area contributed by atoms with Crippen LogP contribution in [0.15, 0.2) is 0 Å². The predicted octanol–water partition coefficient (Wildman–Crippen LogP) is 0.439. The molecule has 2 rings (SSSR count). The Hall–Kier alpha value is -0.160. The second-order valence-corrected chi connectivity index (χ2v) is 5.25. The quantitative estimate of drug-likeness (QED) is 0.732. The van der Waals surface area contributed by atoms with Crippen molar-refractivity contribution >= 4 is 0 Å². The number of hydrogen-bond donors (Lipinski definition) is 2. The Balaban J connectivity index is 1.53. The van der Waals surface area contributed by atoms with Gasteiger partial charge in [-0.1, -0.05) is 0 Å². The maximum absolute atomic E-state index is 5.35. The third-order valence-corrected chi connectivity index (χ3v) is 4.10. The molecule has 0 radical (unpaired) electrons. The van der Waals surface area contributed by atoms with Gasteiger partial charge >= 0.3 is 0 Å². The summed E-state index contributed by atoms with van der Waals surface area (Å²) >= 11 is 0. The molecular formula is C13H27N3O. The molecule has 0 atom stereocenters. The molecule has 0 aromatic heterocycles. The summed E-state index contributed by atoms with van der Waals surface area (Å²) in [5.41, 5.74) is 0. The van der Waals surface area contributed by atoms with Crippen LogP contribution in [-0.4, -0.2) is 63.4 Å². The van der Waals surface area contributed by atoms with E-state index in [2.05, 4.69) is 22.6 Å². The van der Waals surface area contributed by atoms with Gasteiger partial charge in [-0.3, -0.25) is 4.90 Å². The summed E-state index contributed by atoms with van der Waals surface area (Å²) in [4.78, 5) is 2.50. The molecular weight excluding hydrogens is 214 g/mol. The SMILES string of the molecule is CNC1CCC(NCCN2CCOCC2)CC1. The minimum Gasteiger partial charge on any atom is -0.379 e. The van der Waals surface area contributed by atoms with Crippen LogP contribution >= 0.6 is 0 Å². The van der Waals surface area contributed by atoms with E-state index in [1.165, 1.54) is 32.2 Å². The molecule has 2 aliphatic rings. The van der Waals surface area contributed by atoms with Crippen LogP contribution in [0.4, 0.5) is 0 Å². The van der Waals surface area contributed by atoms with Crippen LogP contribution < -0.4 is 10.6 Å². The van der Waals surface area contributed by atoms with E-state index in [1.807, 2.05) is 0 Å². The van der Waals surface area contributed by atoms with Gasteiger partial charge in [0.2, 0.25) is 0 Å². The molecule has 0 unspecified atom stereocenters. The van der Waals surface area contributed by atoms with E-state index in [4.69, 9.17) is 4.74 Å². The number of ether oxygens (including phenoxy) is 1. The first-order valence-corrected chi connectivity index (χ1v) is 7.09. The first-order chi connectivity index (χ1) is 8.38. The Kier molecular flexibility index (Phi) is 5.71. The number of morpholine rings is 1. The molecule has 17 heavy (non-hydrogen) atoms. The Bertz CT molecular complexity index is 199. The molecule has 4 heteroatoms. The third-order valence-electron chi connectivity index (χ3n) is 4.10. The van der Waals surface area contributed by atoms with Crippen LogP contribution in [0.2, 0.25) is 0 Å². The van der Waals surface area contributed by atoms with E-state index in [0.29, 0.717) is 0 Å². The van der Waals surface area contributed by atoms with E-state index >= 15 is 0 Å². The van der Waals surface area contributed by atoms with Gasteiger partial charge in [0.05, 0.1) is 13.2 Å². The molecule has 0 spiro atoms. The minimum atomic E-state index is 0.751. The van der Waals surface area contributed by atoms with Crippen LogP contribution in [-0.2, 0) is 4.74 Å². The highest BCUT2D eigenvalue weighted by atomic mass is 16.5. The normalized spacial score (nSPS) is 31.6. The van der Waals surface area contributed by atoms with Crippen LogP contribution in [0.3, 0.4) is 0 Å². The van der Waals surface area contributed by atoms with Crippen molar-refractivity contribution in [1.29, 1.82) is 0 Å². The Morgan fingerprint density at radius 1 is 1.06 bits per heavy atom. The van der Waals surface area contributed by atoms with Crippen LogP contribution in [0, 0.1) is 0 Å². The molecule has 1 saturated carbocycles. The molecule has 1 aliphatic carbocycles. The zero-order valence-electron chi connectivity index (χ0n) is 11.1. The number of rotatable bonds is 5. The highest BCUT2D eigenvalue weighted by Crippen LogP contribution is 2.17. The van der Waals surface area contributed by atoms with Crippen molar-refractivity contribution in [3.63, 3.8) is 0 Å². The van der Waals surface area contributed by atoms with Gasteiger partial charge in [-0.2, -0.15) is 0 Å². The van der Waals surface area contributed by atoms with Gasteiger partial charge < -0.3 is 15.4 Å². The smallest absolute Gasteiger partial charge is 0.0594 e. The Morgan fingerprint density at radius 3 is 2.35 bits per heavy atom. The average Bonchev–Trinajstić information content (AvgIpc) is 2.41. The molecule has 1 heterocycles. The lowest BCUT2D eigenvalue weighted by molar-refractivity contribution is 0.0379. The molecule has 1 saturated heterocycles. The second kappa shape index (κ2) is 7.31. The monoisotopic (exact) mass is 241 g/mol. The maximum Gasteiger partial charge on any atom is 0.0594 e. The van der Waals surface area contributed by atoms with Crippen molar-refractivity contribution in [3.8, 4) is 0 Å². The fraction of sp³-hybridized carbons (Fsp3) is 1.00.